The standard InChI is InChI=1S/C18H26N4O3/c19-13-4-3-12(10-13)17(23)21-14-5-7-15(8-6-14)22-18(24)20-11-16-2-1-9-25-16/h5-8,12-13,16H,1-4,9-11,19H2,(H,21,23)(H2,20,22,24). The summed E-state index contributed by atoms with van der Waals surface area (Å²) in [4.78, 5) is 24.1. The van der Waals surface area contributed by atoms with Crippen molar-refractivity contribution in [2.75, 3.05) is 23.8 Å². The SMILES string of the molecule is NC1CCC(C(=O)Nc2ccc(NC(=O)NCC3CCCO3)cc2)C1. The molecule has 0 spiro atoms. The Morgan fingerprint density at radius 3 is 2.40 bits per heavy atom. The maximum atomic E-state index is 12.2. The Kier molecular flexibility index (Phi) is 5.88. The van der Waals surface area contributed by atoms with E-state index in [2.05, 4.69) is 16.0 Å². The summed E-state index contributed by atoms with van der Waals surface area (Å²) in [5.74, 6) is 0.0133. The van der Waals surface area contributed by atoms with Gasteiger partial charge in [0.25, 0.3) is 0 Å². The van der Waals surface area contributed by atoms with Gasteiger partial charge in [0.2, 0.25) is 5.91 Å². The Labute approximate surface area is 147 Å². The highest BCUT2D eigenvalue weighted by Crippen LogP contribution is 2.25. The normalized spacial score (nSPS) is 25.6. The van der Waals surface area contributed by atoms with Gasteiger partial charge in [-0.2, -0.15) is 0 Å². The molecule has 7 heteroatoms. The van der Waals surface area contributed by atoms with Gasteiger partial charge in [-0.1, -0.05) is 0 Å². The van der Waals surface area contributed by atoms with E-state index in [4.69, 9.17) is 10.5 Å². The second kappa shape index (κ2) is 8.31. The molecule has 0 radical (unpaired) electrons. The highest BCUT2D eigenvalue weighted by Gasteiger charge is 2.27. The van der Waals surface area contributed by atoms with Crippen LogP contribution in [0.3, 0.4) is 0 Å². The zero-order chi connectivity index (χ0) is 17.6. The number of amides is 3. The van der Waals surface area contributed by atoms with Gasteiger partial charge in [-0.25, -0.2) is 4.79 Å². The molecule has 2 fully saturated rings. The van der Waals surface area contributed by atoms with Crippen molar-refractivity contribution < 1.29 is 14.3 Å². The number of carbonyl (C=O) groups excluding carboxylic acids is 2. The number of benzene rings is 1. The van der Waals surface area contributed by atoms with Gasteiger partial charge in [-0.15, -0.1) is 0 Å². The average molecular weight is 346 g/mol. The third-order valence-electron chi connectivity index (χ3n) is 4.77. The van der Waals surface area contributed by atoms with E-state index in [0.29, 0.717) is 12.2 Å². The van der Waals surface area contributed by atoms with Crippen molar-refractivity contribution in [2.45, 2.75) is 44.2 Å². The van der Waals surface area contributed by atoms with Crippen LogP contribution in [0.1, 0.15) is 32.1 Å². The van der Waals surface area contributed by atoms with Crippen LogP contribution in [0.25, 0.3) is 0 Å². The molecule has 3 unspecified atom stereocenters. The number of hydrogen-bond acceptors (Lipinski definition) is 4. The van der Waals surface area contributed by atoms with Crippen molar-refractivity contribution >= 4 is 23.3 Å². The molecule has 2 aliphatic rings. The predicted molar refractivity (Wildman–Crippen MR) is 96.4 cm³/mol. The molecule has 1 saturated carbocycles. The van der Waals surface area contributed by atoms with Crippen molar-refractivity contribution in [1.29, 1.82) is 0 Å². The first-order chi connectivity index (χ1) is 12.1. The summed E-state index contributed by atoms with van der Waals surface area (Å²) in [5, 5.41) is 8.48. The van der Waals surface area contributed by atoms with E-state index in [1.54, 1.807) is 24.3 Å². The fraction of sp³-hybridized carbons (Fsp3) is 0.556. The number of nitrogens with one attached hydrogen (secondary N) is 3. The van der Waals surface area contributed by atoms with Crippen molar-refractivity contribution in [1.82, 2.24) is 5.32 Å². The summed E-state index contributed by atoms with van der Waals surface area (Å²) in [6.45, 7) is 1.29. The molecule has 136 valence electrons. The number of urea groups is 1. The van der Waals surface area contributed by atoms with Crippen LogP contribution in [0.5, 0.6) is 0 Å². The monoisotopic (exact) mass is 346 g/mol. The highest BCUT2D eigenvalue weighted by molar-refractivity contribution is 5.93. The zero-order valence-electron chi connectivity index (χ0n) is 14.3. The van der Waals surface area contributed by atoms with Gasteiger partial charge in [0.1, 0.15) is 0 Å². The Bertz CT molecular complexity index is 599. The number of carbonyl (C=O) groups is 2. The fourth-order valence-corrected chi connectivity index (χ4v) is 3.32. The third kappa shape index (κ3) is 5.17. The molecule has 7 nitrogen and oxygen atoms in total. The third-order valence-corrected chi connectivity index (χ3v) is 4.77. The lowest BCUT2D eigenvalue weighted by molar-refractivity contribution is -0.119. The van der Waals surface area contributed by atoms with E-state index in [0.717, 1.165) is 44.4 Å². The number of hydrogen-bond donors (Lipinski definition) is 4. The smallest absolute Gasteiger partial charge is 0.319 e. The fourth-order valence-electron chi connectivity index (χ4n) is 3.32. The largest absolute Gasteiger partial charge is 0.376 e. The first-order valence-corrected chi connectivity index (χ1v) is 8.93. The Hall–Kier alpha value is -2.12. The van der Waals surface area contributed by atoms with Crippen LogP contribution in [0.2, 0.25) is 0 Å². The Morgan fingerprint density at radius 2 is 1.80 bits per heavy atom. The van der Waals surface area contributed by atoms with Crippen LogP contribution >= 0.6 is 0 Å². The topological polar surface area (TPSA) is 105 Å². The van der Waals surface area contributed by atoms with E-state index in [-0.39, 0.29) is 30.0 Å². The number of nitrogens with two attached hydrogens (primary N) is 1. The molecule has 5 N–H and O–H groups in total. The molecule has 1 heterocycles. The molecule has 1 aliphatic heterocycles. The summed E-state index contributed by atoms with van der Waals surface area (Å²) >= 11 is 0. The van der Waals surface area contributed by atoms with Crippen molar-refractivity contribution in [3.05, 3.63) is 24.3 Å². The van der Waals surface area contributed by atoms with Crippen LogP contribution < -0.4 is 21.7 Å². The second-order valence-electron chi connectivity index (χ2n) is 6.81. The molecule has 3 rings (SSSR count). The van der Waals surface area contributed by atoms with Crippen LogP contribution in [-0.4, -0.2) is 37.2 Å². The van der Waals surface area contributed by atoms with Crippen LogP contribution in [0, 0.1) is 5.92 Å². The van der Waals surface area contributed by atoms with Gasteiger partial charge in [0.05, 0.1) is 6.10 Å². The molecular weight excluding hydrogens is 320 g/mol. The average Bonchev–Trinajstić information content (AvgIpc) is 3.26. The lowest BCUT2D eigenvalue weighted by atomic mass is 10.1. The molecule has 1 aromatic rings. The predicted octanol–water partition coefficient (Wildman–Crippen LogP) is 2.05. The molecule has 0 aromatic heterocycles. The van der Waals surface area contributed by atoms with Gasteiger partial charge in [-0.05, 0) is 56.4 Å². The minimum atomic E-state index is -0.257. The van der Waals surface area contributed by atoms with Gasteiger partial charge in [-0.3, -0.25) is 4.79 Å². The number of anilines is 2. The van der Waals surface area contributed by atoms with E-state index in [1.165, 1.54) is 0 Å². The lowest BCUT2D eigenvalue weighted by Crippen LogP contribution is -2.35. The number of rotatable bonds is 5. The van der Waals surface area contributed by atoms with Gasteiger partial charge >= 0.3 is 6.03 Å². The second-order valence-corrected chi connectivity index (χ2v) is 6.81. The summed E-state index contributed by atoms with van der Waals surface area (Å²) in [5.41, 5.74) is 7.24. The van der Waals surface area contributed by atoms with Crippen molar-refractivity contribution in [2.24, 2.45) is 11.7 Å². The highest BCUT2D eigenvalue weighted by atomic mass is 16.5. The summed E-state index contributed by atoms with van der Waals surface area (Å²) in [6.07, 6.45) is 4.65. The molecule has 3 atom stereocenters. The van der Waals surface area contributed by atoms with Crippen LogP contribution in [0.4, 0.5) is 16.2 Å². The molecule has 1 aliphatic carbocycles. The van der Waals surface area contributed by atoms with E-state index < -0.39 is 0 Å². The summed E-state index contributed by atoms with van der Waals surface area (Å²) in [6, 6.07) is 6.97. The zero-order valence-corrected chi connectivity index (χ0v) is 14.3. The lowest BCUT2D eigenvalue weighted by Gasteiger charge is -2.13. The molecular formula is C18H26N4O3. The maximum absolute atomic E-state index is 12.2. The van der Waals surface area contributed by atoms with Crippen LogP contribution in [-0.2, 0) is 9.53 Å². The Balaban J connectivity index is 1.43. The van der Waals surface area contributed by atoms with Gasteiger partial charge in [0, 0.05) is 36.5 Å². The molecule has 1 aromatic carbocycles. The van der Waals surface area contributed by atoms with Crippen LogP contribution in [0.15, 0.2) is 24.3 Å². The van der Waals surface area contributed by atoms with Crippen molar-refractivity contribution in [3.63, 3.8) is 0 Å². The molecule has 1 saturated heterocycles. The molecule has 25 heavy (non-hydrogen) atoms. The minimum Gasteiger partial charge on any atom is -0.376 e. The maximum Gasteiger partial charge on any atom is 0.319 e. The first-order valence-electron chi connectivity index (χ1n) is 8.93. The van der Waals surface area contributed by atoms with Gasteiger partial charge in [0.15, 0.2) is 0 Å². The number of ether oxygens (including phenoxy) is 1. The summed E-state index contributed by atoms with van der Waals surface area (Å²) in [7, 11) is 0. The minimum absolute atomic E-state index is 0.00335. The quantitative estimate of drug-likeness (QED) is 0.655. The van der Waals surface area contributed by atoms with E-state index >= 15 is 0 Å². The molecule has 3 amide bonds. The summed E-state index contributed by atoms with van der Waals surface area (Å²) < 4.78 is 5.46. The Morgan fingerprint density at radius 1 is 1.08 bits per heavy atom. The molecule has 0 bridgehead atoms. The van der Waals surface area contributed by atoms with E-state index in [1.807, 2.05) is 0 Å². The van der Waals surface area contributed by atoms with Crippen molar-refractivity contribution in [3.8, 4) is 0 Å². The van der Waals surface area contributed by atoms with Gasteiger partial charge < -0.3 is 26.4 Å². The van der Waals surface area contributed by atoms with E-state index in [9.17, 15) is 9.59 Å². The first kappa shape index (κ1) is 17.7.